The van der Waals surface area contributed by atoms with E-state index in [9.17, 15) is 4.39 Å². The SMILES string of the molecule is Cc1cccc(CBr)c1OCc1ccc(F)cc1Cl. The molecule has 0 N–H and O–H groups in total. The first-order valence-electron chi connectivity index (χ1n) is 5.83. The quantitative estimate of drug-likeness (QED) is 0.688. The van der Waals surface area contributed by atoms with Crippen LogP contribution in [0.5, 0.6) is 5.75 Å². The second-order valence-corrected chi connectivity index (χ2v) is 5.19. The number of halogens is 3. The first kappa shape index (κ1) is 14.4. The van der Waals surface area contributed by atoms with Crippen LogP contribution in [0.2, 0.25) is 5.02 Å². The molecule has 0 aliphatic carbocycles. The summed E-state index contributed by atoms with van der Waals surface area (Å²) >= 11 is 9.42. The van der Waals surface area contributed by atoms with E-state index in [1.165, 1.54) is 12.1 Å². The molecular weight excluding hydrogens is 331 g/mol. The third-order valence-electron chi connectivity index (χ3n) is 2.82. The fourth-order valence-corrected chi connectivity index (χ4v) is 2.48. The van der Waals surface area contributed by atoms with Gasteiger partial charge in [0.15, 0.2) is 0 Å². The van der Waals surface area contributed by atoms with Gasteiger partial charge in [0.05, 0.1) is 5.02 Å². The van der Waals surface area contributed by atoms with Crippen molar-refractivity contribution >= 4 is 27.5 Å². The second-order valence-electron chi connectivity index (χ2n) is 4.22. The normalized spacial score (nSPS) is 10.5. The summed E-state index contributed by atoms with van der Waals surface area (Å²) in [5, 5.41) is 1.11. The summed E-state index contributed by atoms with van der Waals surface area (Å²) in [5.41, 5.74) is 2.92. The Hall–Kier alpha value is -1.06. The number of hydrogen-bond donors (Lipinski definition) is 0. The number of hydrogen-bond acceptors (Lipinski definition) is 1. The molecule has 0 unspecified atom stereocenters. The Bertz CT molecular complexity index is 586. The molecule has 0 saturated carbocycles. The van der Waals surface area contributed by atoms with E-state index in [4.69, 9.17) is 16.3 Å². The monoisotopic (exact) mass is 342 g/mol. The molecule has 4 heteroatoms. The van der Waals surface area contributed by atoms with Crippen molar-refractivity contribution in [2.45, 2.75) is 18.9 Å². The maximum absolute atomic E-state index is 13.0. The average molecular weight is 344 g/mol. The molecule has 0 atom stereocenters. The topological polar surface area (TPSA) is 9.23 Å². The van der Waals surface area contributed by atoms with Crippen molar-refractivity contribution < 1.29 is 9.13 Å². The van der Waals surface area contributed by atoms with Crippen LogP contribution in [0.3, 0.4) is 0 Å². The summed E-state index contributed by atoms with van der Waals surface area (Å²) < 4.78 is 18.8. The average Bonchev–Trinajstić information content (AvgIpc) is 2.39. The van der Waals surface area contributed by atoms with Crippen LogP contribution in [0.1, 0.15) is 16.7 Å². The van der Waals surface area contributed by atoms with Crippen molar-refractivity contribution in [3.63, 3.8) is 0 Å². The van der Waals surface area contributed by atoms with Crippen LogP contribution in [0.4, 0.5) is 4.39 Å². The predicted molar refractivity (Wildman–Crippen MR) is 79.6 cm³/mol. The number of aryl methyl sites for hydroxylation is 1. The van der Waals surface area contributed by atoms with Gasteiger partial charge < -0.3 is 4.74 Å². The number of alkyl halides is 1. The van der Waals surface area contributed by atoms with Gasteiger partial charge in [-0.3, -0.25) is 0 Å². The molecule has 0 fully saturated rings. The molecule has 0 heterocycles. The van der Waals surface area contributed by atoms with E-state index >= 15 is 0 Å². The lowest BCUT2D eigenvalue weighted by atomic mass is 10.1. The van der Waals surface area contributed by atoms with E-state index in [2.05, 4.69) is 15.9 Å². The Kier molecular flexibility index (Phi) is 4.83. The summed E-state index contributed by atoms with van der Waals surface area (Å²) in [4.78, 5) is 0. The van der Waals surface area contributed by atoms with E-state index < -0.39 is 0 Å². The molecule has 2 aromatic rings. The maximum atomic E-state index is 13.0. The molecule has 0 aliphatic rings. The minimum absolute atomic E-state index is 0.323. The van der Waals surface area contributed by atoms with E-state index in [0.717, 1.165) is 27.8 Å². The molecular formula is C15H13BrClFO. The highest BCUT2D eigenvalue weighted by Gasteiger charge is 2.08. The van der Waals surface area contributed by atoms with Crippen LogP contribution >= 0.6 is 27.5 Å². The molecule has 0 amide bonds. The zero-order valence-electron chi connectivity index (χ0n) is 10.4. The molecule has 0 radical (unpaired) electrons. The summed E-state index contributed by atoms with van der Waals surface area (Å²) in [7, 11) is 0. The zero-order chi connectivity index (χ0) is 13.8. The minimum atomic E-state index is -0.342. The van der Waals surface area contributed by atoms with Crippen LogP contribution in [0.15, 0.2) is 36.4 Å². The smallest absolute Gasteiger partial charge is 0.126 e. The minimum Gasteiger partial charge on any atom is -0.488 e. The highest BCUT2D eigenvalue weighted by Crippen LogP contribution is 2.27. The molecule has 0 aromatic heterocycles. The number of benzene rings is 2. The molecule has 0 spiro atoms. The molecule has 100 valence electrons. The largest absolute Gasteiger partial charge is 0.488 e. The van der Waals surface area contributed by atoms with Gasteiger partial charge in [0.2, 0.25) is 0 Å². The molecule has 0 bridgehead atoms. The third-order valence-corrected chi connectivity index (χ3v) is 3.78. The van der Waals surface area contributed by atoms with Gasteiger partial charge in [-0.2, -0.15) is 0 Å². The van der Waals surface area contributed by atoms with Gasteiger partial charge in [0.1, 0.15) is 18.2 Å². The first-order chi connectivity index (χ1) is 9.11. The van der Waals surface area contributed by atoms with Crippen LogP contribution in [0.25, 0.3) is 0 Å². The van der Waals surface area contributed by atoms with Crippen LogP contribution in [0, 0.1) is 12.7 Å². The fourth-order valence-electron chi connectivity index (χ4n) is 1.81. The Labute approximate surface area is 125 Å². The van der Waals surface area contributed by atoms with E-state index in [1.54, 1.807) is 6.07 Å². The van der Waals surface area contributed by atoms with Crippen molar-refractivity contribution in [2.24, 2.45) is 0 Å². The molecule has 0 saturated heterocycles. The van der Waals surface area contributed by atoms with Crippen LogP contribution < -0.4 is 4.74 Å². The fraction of sp³-hybridized carbons (Fsp3) is 0.200. The van der Waals surface area contributed by atoms with Crippen molar-refractivity contribution in [3.05, 3.63) is 63.9 Å². The van der Waals surface area contributed by atoms with Crippen LogP contribution in [-0.4, -0.2) is 0 Å². The maximum Gasteiger partial charge on any atom is 0.126 e. The van der Waals surface area contributed by atoms with Gasteiger partial charge in [0, 0.05) is 16.5 Å². The second kappa shape index (κ2) is 6.40. The molecule has 19 heavy (non-hydrogen) atoms. The Morgan fingerprint density at radius 3 is 2.68 bits per heavy atom. The molecule has 0 aliphatic heterocycles. The van der Waals surface area contributed by atoms with Crippen molar-refractivity contribution in [1.82, 2.24) is 0 Å². The van der Waals surface area contributed by atoms with Crippen molar-refractivity contribution in [3.8, 4) is 5.75 Å². The van der Waals surface area contributed by atoms with E-state index in [1.807, 2.05) is 25.1 Å². The van der Waals surface area contributed by atoms with Gasteiger partial charge in [0.25, 0.3) is 0 Å². The Morgan fingerprint density at radius 1 is 1.21 bits per heavy atom. The predicted octanol–water partition coefficient (Wildman–Crippen LogP) is 5.26. The van der Waals surface area contributed by atoms with Gasteiger partial charge in [-0.25, -0.2) is 4.39 Å². The van der Waals surface area contributed by atoms with Crippen LogP contribution in [-0.2, 0) is 11.9 Å². The van der Waals surface area contributed by atoms with Crippen molar-refractivity contribution in [2.75, 3.05) is 0 Å². The molecule has 1 nitrogen and oxygen atoms in total. The first-order valence-corrected chi connectivity index (χ1v) is 7.33. The van der Waals surface area contributed by atoms with Gasteiger partial charge >= 0.3 is 0 Å². The highest BCUT2D eigenvalue weighted by atomic mass is 79.9. The van der Waals surface area contributed by atoms with E-state index in [0.29, 0.717) is 11.6 Å². The molecule has 2 aromatic carbocycles. The van der Waals surface area contributed by atoms with E-state index in [-0.39, 0.29) is 5.82 Å². The number of para-hydroxylation sites is 1. The summed E-state index contributed by atoms with van der Waals surface area (Å²) in [6.45, 7) is 2.32. The lowest BCUT2D eigenvalue weighted by Gasteiger charge is -2.13. The standard InChI is InChI=1S/C15H13BrClFO/c1-10-3-2-4-11(8-16)15(10)19-9-12-5-6-13(18)7-14(12)17/h2-7H,8-9H2,1H3. The zero-order valence-corrected chi connectivity index (χ0v) is 12.8. The van der Waals surface area contributed by atoms with Gasteiger partial charge in [-0.1, -0.05) is 51.8 Å². The van der Waals surface area contributed by atoms with Gasteiger partial charge in [-0.05, 0) is 24.6 Å². The van der Waals surface area contributed by atoms with Gasteiger partial charge in [-0.15, -0.1) is 0 Å². The third kappa shape index (κ3) is 3.48. The Balaban J connectivity index is 2.19. The lowest BCUT2D eigenvalue weighted by Crippen LogP contribution is -2.00. The summed E-state index contributed by atoms with van der Waals surface area (Å²) in [5.74, 6) is 0.505. The number of rotatable bonds is 4. The summed E-state index contributed by atoms with van der Waals surface area (Å²) in [6, 6.07) is 10.3. The number of ether oxygens (including phenoxy) is 1. The van der Waals surface area contributed by atoms with Crippen molar-refractivity contribution in [1.29, 1.82) is 0 Å². The molecule has 2 rings (SSSR count). The summed E-state index contributed by atoms with van der Waals surface area (Å²) in [6.07, 6.45) is 0. The Morgan fingerprint density at radius 2 is 2.00 bits per heavy atom. The highest BCUT2D eigenvalue weighted by molar-refractivity contribution is 9.08. The lowest BCUT2D eigenvalue weighted by molar-refractivity contribution is 0.301.